The van der Waals surface area contributed by atoms with E-state index < -0.39 is 5.60 Å². The maximum absolute atomic E-state index is 12.4. The number of amides is 2. The van der Waals surface area contributed by atoms with Gasteiger partial charge in [0.2, 0.25) is 5.91 Å². The largest absolute Gasteiger partial charge is 0.441 e. The van der Waals surface area contributed by atoms with Crippen LogP contribution in [0.15, 0.2) is 0 Å². The Morgan fingerprint density at radius 1 is 1.11 bits per heavy atom. The average Bonchev–Trinajstić information content (AvgIpc) is 2.96. The van der Waals surface area contributed by atoms with Crippen molar-refractivity contribution >= 4 is 12.0 Å². The molecule has 3 fully saturated rings. The minimum absolute atomic E-state index is 0.00840. The average molecular weight is 383 g/mol. The van der Waals surface area contributed by atoms with Crippen molar-refractivity contribution in [1.82, 2.24) is 19.6 Å². The Balaban J connectivity index is 1.43. The summed E-state index contributed by atoms with van der Waals surface area (Å²) in [6.07, 6.45) is 1.21. The van der Waals surface area contributed by atoms with Gasteiger partial charge in [0, 0.05) is 78.4 Å². The lowest BCUT2D eigenvalue weighted by Crippen LogP contribution is -2.51. The van der Waals surface area contributed by atoms with Crippen molar-refractivity contribution in [2.45, 2.75) is 38.3 Å². The van der Waals surface area contributed by atoms with Crippen LogP contribution in [0.3, 0.4) is 0 Å². The summed E-state index contributed by atoms with van der Waals surface area (Å²) in [6, 6.07) is 0.599. The first-order valence-electron chi connectivity index (χ1n) is 10.1. The number of piperidine rings is 1. The molecule has 3 aliphatic rings. The first-order chi connectivity index (χ1) is 12.9. The normalized spacial score (nSPS) is 24.1. The summed E-state index contributed by atoms with van der Waals surface area (Å²) in [4.78, 5) is 32.9. The Bertz CT molecular complexity index is 526. The zero-order valence-electron chi connectivity index (χ0n) is 17.0. The molecule has 0 unspecified atom stereocenters. The van der Waals surface area contributed by atoms with Crippen LogP contribution in [0.5, 0.6) is 0 Å². The number of hydrogen-bond donors (Lipinski definition) is 0. The smallest absolute Gasteiger partial charge is 0.410 e. The van der Waals surface area contributed by atoms with Crippen LogP contribution in [0.4, 0.5) is 4.79 Å². The van der Waals surface area contributed by atoms with Crippen molar-refractivity contribution in [2.24, 2.45) is 0 Å². The Labute approximate surface area is 162 Å². The Morgan fingerprint density at radius 2 is 1.78 bits per heavy atom. The first kappa shape index (κ1) is 20.4. The van der Waals surface area contributed by atoms with Crippen molar-refractivity contribution in [2.75, 3.05) is 72.6 Å². The van der Waals surface area contributed by atoms with E-state index in [0.717, 1.165) is 32.7 Å². The van der Waals surface area contributed by atoms with Crippen molar-refractivity contribution in [3.8, 4) is 0 Å². The van der Waals surface area contributed by atoms with E-state index in [1.165, 1.54) is 7.11 Å². The molecule has 0 radical (unpaired) electrons. The van der Waals surface area contributed by atoms with Gasteiger partial charge >= 0.3 is 6.09 Å². The van der Waals surface area contributed by atoms with Crippen LogP contribution >= 0.6 is 0 Å². The van der Waals surface area contributed by atoms with Gasteiger partial charge in [0.05, 0.1) is 6.54 Å². The van der Waals surface area contributed by atoms with E-state index in [2.05, 4.69) is 23.6 Å². The maximum atomic E-state index is 12.4. The van der Waals surface area contributed by atoms with Gasteiger partial charge in [-0.3, -0.25) is 14.6 Å². The molecule has 0 aromatic rings. The number of methoxy groups -OCH3 is 1. The van der Waals surface area contributed by atoms with Crippen LogP contribution in [0, 0.1) is 0 Å². The van der Waals surface area contributed by atoms with Crippen LogP contribution in [0.2, 0.25) is 0 Å². The molecule has 1 spiro atoms. The van der Waals surface area contributed by atoms with Crippen LogP contribution < -0.4 is 0 Å². The highest BCUT2D eigenvalue weighted by Crippen LogP contribution is 2.33. The molecule has 3 heterocycles. The number of carbonyl (C=O) groups is 2. The highest BCUT2D eigenvalue weighted by atomic mass is 16.6. The second-order valence-electron chi connectivity index (χ2n) is 8.26. The molecule has 3 aliphatic heterocycles. The van der Waals surface area contributed by atoms with E-state index in [1.54, 1.807) is 4.90 Å². The predicted octanol–water partition coefficient (Wildman–Crippen LogP) is 0.472. The van der Waals surface area contributed by atoms with E-state index >= 15 is 0 Å². The van der Waals surface area contributed by atoms with Gasteiger partial charge in [-0.25, -0.2) is 4.79 Å². The molecule has 0 aromatic carbocycles. The molecule has 0 bridgehead atoms. The molecule has 0 N–H and O–H groups in total. The predicted molar refractivity (Wildman–Crippen MR) is 102 cm³/mol. The molecule has 3 rings (SSSR count). The maximum Gasteiger partial charge on any atom is 0.410 e. The fourth-order valence-corrected chi connectivity index (χ4v) is 4.27. The first-order valence-corrected chi connectivity index (χ1v) is 10.1. The van der Waals surface area contributed by atoms with Gasteiger partial charge < -0.3 is 19.3 Å². The lowest BCUT2D eigenvalue weighted by molar-refractivity contribution is -0.138. The third kappa shape index (κ3) is 4.92. The molecule has 2 amide bonds. The number of hydrogen-bond acceptors (Lipinski definition) is 6. The molecule has 0 saturated carbocycles. The van der Waals surface area contributed by atoms with Crippen LogP contribution in [-0.2, 0) is 14.3 Å². The van der Waals surface area contributed by atoms with E-state index in [-0.39, 0.29) is 18.6 Å². The highest BCUT2D eigenvalue weighted by Gasteiger charge is 2.47. The van der Waals surface area contributed by atoms with Crippen LogP contribution in [-0.4, -0.2) is 116 Å². The number of carbonyl (C=O) groups excluding carboxylic acids is 2. The molecule has 0 atom stereocenters. The van der Waals surface area contributed by atoms with Gasteiger partial charge in [-0.1, -0.05) is 0 Å². The van der Waals surface area contributed by atoms with Gasteiger partial charge in [0.25, 0.3) is 0 Å². The Hall–Kier alpha value is -1.38. The lowest BCUT2D eigenvalue weighted by atomic mass is 9.91. The molecule has 0 aromatic heterocycles. The van der Waals surface area contributed by atoms with Crippen molar-refractivity contribution in [3.63, 3.8) is 0 Å². The summed E-state index contributed by atoms with van der Waals surface area (Å²) < 4.78 is 10.7. The van der Waals surface area contributed by atoms with E-state index in [0.29, 0.717) is 45.1 Å². The van der Waals surface area contributed by atoms with Crippen molar-refractivity contribution in [1.29, 1.82) is 0 Å². The summed E-state index contributed by atoms with van der Waals surface area (Å²) in [7, 11) is 1.53. The fourth-order valence-electron chi connectivity index (χ4n) is 4.27. The van der Waals surface area contributed by atoms with E-state index in [1.807, 2.05) is 4.90 Å². The third-order valence-corrected chi connectivity index (χ3v) is 6.16. The molecular formula is C19H34N4O4. The van der Waals surface area contributed by atoms with Crippen molar-refractivity contribution in [3.05, 3.63) is 0 Å². The third-order valence-electron chi connectivity index (χ3n) is 6.16. The number of nitrogens with zero attached hydrogens (tertiary/aromatic N) is 4. The minimum atomic E-state index is -0.419. The molecule has 27 heavy (non-hydrogen) atoms. The number of likely N-dealkylation sites (tertiary alicyclic amines) is 1. The number of ether oxygens (including phenoxy) is 2. The van der Waals surface area contributed by atoms with E-state index in [9.17, 15) is 9.59 Å². The minimum Gasteiger partial charge on any atom is -0.441 e. The monoisotopic (exact) mass is 382 g/mol. The van der Waals surface area contributed by atoms with Crippen LogP contribution in [0.25, 0.3) is 0 Å². The summed E-state index contributed by atoms with van der Waals surface area (Å²) in [5.41, 5.74) is -0.419. The molecule has 8 heteroatoms. The van der Waals surface area contributed by atoms with Gasteiger partial charge in [0.15, 0.2) is 0 Å². The summed E-state index contributed by atoms with van der Waals surface area (Å²) in [5, 5.41) is 0. The standard InChI is InChI=1S/C19H34N4O4/c1-16(2)21-11-8-20(9-12-21)10-13-23-15-19(27-18(23)25)4-6-22(7-5-19)17(24)14-26-3/h16H,4-15H2,1-3H3. The van der Waals surface area contributed by atoms with Gasteiger partial charge in [-0.05, 0) is 13.8 Å². The molecule has 8 nitrogen and oxygen atoms in total. The quantitative estimate of drug-likeness (QED) is 0.666. The second kappa shape index (κ2) is 8.75. The van der Waals surface area contributed by atoms with Gasteiger partial charge in [-0.15, -0.1) is 0 Å². The summed E-state index contributed by atoms with van der Waals surface area (Å²) in [6.45, 7) is 12.4. The Kier molecular flexibility index (Phi) is 6.60. The van der Waals surface area contributed by atoms with Gasteiger partial charge in [0.1, 0.15) is 12.2 Å². The SMILES string of the molecule is COCC(=O)N1CCC2(CC1)CN(CCN1CCN(C(C)C)CC1)C(=O)O2. The summed E-state index contributed by atoms with van der Waals surface area (Å²) >= 11 is 0. The molecule has 0 aliphatic carbocycles. The zero-order chi connectivity index (χ0) is 19.4. The second-order valence-corrected chi connectivity index (χ2v) is 8.26. The van der Waals surface area contributed by atoms with Crippen molar-refractivity contribution < 1.29 is 19.1 Å². The number of rotatable bonds is 6. The molecular weight excluding hydrogens is 348 g/mol. The topological polar surface area (TPSA) is 65.6 Å². The summed E-state index contributed by atoms with van der Waals surface area (Å²) in [5.74, 6) is 0.00840. The Morgan fingerprint density at radius 3 is 2.37 bits per heavy atom. The van der Waals surface area contributed by atoms with Gasteiger partial charge in [-0.2, -0.15) is 0 Å². The van der Waals surface area contributed by atoms with Crippen LogP contribution in [0.1, 0.15) is 26.7 Å². The molecule has 154 valence electrons. The fraction of sp³-hybridized carbons (Fsp3) is 0.895. The number of piperazine rings is 1. The lowest BCUT2D eigenvalue weighted by Gasteiger charge is -2.38. The zero-order valence-corrected chi connectivity index (χ0v) is 17.0. The molecule has 3 saturated heterocycles. The highest BCUT2D eigenvalue weighted by molar-refractivity contribution is 5.77. The van der Waals surface area contributed by atoms with E-state index in [4.69, 9.17) is 9.47 Å².